The van der Waals surface area contributed by atoms with Gasteiger partial charge in [0.15, 0.2) is 5.96 Å². The number of nitrogens with zero attached hydrogens (tertiary/aromatic N) is 2. The summed E-state index contributed by atoms with van der Waals surface area (Å²) in [5.41, 5.74) is 3.72. The summed E-state index contributed by atoms with van der Waals surface area (Å²) in [7, 11) is 5.89. The number of aliphatic imine (C=N–C) groups is 1. The fourth-order valence-corrected chi connectivity index (χ4v) is 2.60. The molecule has 0 amide bonds. The lowest BCUT2D eigenvalue weighted by Gasteiger charge is -2.15. The number of anilines is 1. The van der Waals surface area contributed by atoms with Crippen molar-refractivity contribution in [2.45, 2.75) is 13.1 Å². The normalized spacial score (nSPS) is 11.3. The molecule has 21 heavy (non-hydrogen) atoms. The second kappa shape index (κ2) is 7.69. The first-order valence-corrected chi connectivity index (χ1v) is 7.85. The molecule has 0 aliphatic rings. The Labute approximate surface area is 130 Å². The molecule has 0 spiro atoms. The largest absolute Gasteiger partial charge is 0.378 e. The Morgan fingerprint density at radius 2 is 1.90 bits per heavy atom. The zero-order valence-corrected chi connectivity index (χ0v) is 13.6. The Balaban J connectivity index is 1.86. The highest BCUT2D eigenvalue weighted by Crippen LogP contribution is 2.13. The van der Waals surface area contributed by atoms with Crippen molar-refractivity contribution in [3.05, 3.63) is 52.2 Å². The van der Waals surface area contributed by atoms with E-state index < -0.39 is 0 Å². The first kappa shape index (κ1) is 15.4. The molecule has 0 radical (unpaired) electrons. The highest BCUT2D eigenvalue weighted by molar-refractivity contribution is 7.07. The summed E-state index contributed by atoms with van der Waals surface area (Å²) in [6.45, 7) is 1.55. The topological polar surface area (TPSA) is 39.7 Å². The maximum atomic E-state index is 4.25. The van der Waals surface area contributed by atoms with Crippen LogP contribution in [0.3, 0.4) is 0 Å². The van der Waals surface area contributed by atoms with E-state index in [-0.39, 0.29) is 0 Å². The lowest BCUT2D eigenvalue weighted by molar-refractivity contribution is 0.810. The summed E-state index contributed by atoms with van der Waals surface area (Å²) in [4.78, 5) is 6.35. The molecule has 0 aliphatic heterocycles. The van der Waals surface area contributed by atoms with Crippen LogP contribution in [0.25, 0.3) is 0 Å². The molecule has 1 aromatic carbocycles. The number of nitrogens with one attached hydrogen (secondary N) is 2. The predicted octanol–water partition coefficient (Wildman–Crippen LogP) is 2.68. The summed E-state index contributed by atoms with van der Waals surface area (Å²) in [6, 6.07) is 10.6. The maximum Gasteiger partial charge on any atom is 0.191 e. The smallest absolute Gasteiger partial charge is 0.191 e. The number of rotatable bonds is 5. The van der Waals surface area contributed by atoms with Crippen molar-refractivity contribution in [3.8, 4) is 0 Å². The van der Waals surface area contributed by atoms with Gasteiger partial charge in [0.25, 0.3) is 0 Å². The Bertz CT molecular complexity index is 576. The van der Waals surface area contributed by atoms with Gasteiger partial charge in [0.05, 0.1) is 0 Å². The molecule has 2 aromatic rings. The van der Waals surface area contributed by atoms with Gasteiger partial charge in [0, 0.05) is 39.9 Å². The molecule has 1 aromatic heterocycles. The molecule has 0 unspecified atom stereocenters. The van der Waals surface area contributed by atoms with E-state index in [1.165, 1.54) is 16.8 Å². The number of thiophene rings is 1. The lowest BCUT2D eigenvalue weighted by Crippen LogP contribution is -2.36. The van der Waals surface area contributed by atoms with E-state index in [0.29, 0.717) is 0 Å². The zero-order chi connectivity index (χ0) is 15.1. The second-order valence-electron chi connectivity index (χ2n) is 4.98. The molecule has 1 heterocycles. The Morgan fingerprint density at radius 3 is 2.52 bits per heavy atom. The van der Waals surface area contributed by atoms with E-state index in [9.17, 15) is 0 Å². The van der Waals surface area contributed by atoms with Gasteiger partial charge in [-0.05, 0) is 40.1 Å². The summed E-state index contributed by atoms with van der Waals surface area (Å²) in [6.07, 6.45) is 0. The first-order chi connectivity index (χ1) is 10.2. The molecular weight excluding hydrogens is 280 g/mol. The minimum atomic E-state index is 0.755. The van der Waals surface area contributed by atoms with Crippen LogP contribution in [0.4, 0.5) is 5.69 Å². The molecule has 5 heteroatoms. The predicted molar refractivity (Wildman–Crippen MR) is 92.1 cm³/mol. The van der Waals surface area contributed by atoms with Crippen LogP contribution in [0.1, 0.15) is 11.1 Å². The van der Waals surface area contributed by atoms with Crippen LogP contribution in [0.15, 0.2) is 46.1 Å². The molecule has 0 saturated heterocycles. The van der Waals surface area contributed by atoms with Gasteiger partial charge in [-0.1, -0.05) is 12.1 Å². The van der Waals surface area contributed by atoms with E-state index >= 15 is 0 Å². The molecule has 112 valence electrons. The molecule has 0 saturated carbocycles. The van der Waals surface area contributed by atoms with Crippen molar-refractivity contribution in [1.29, 1.82) is 0 Å². The number of hydrogen-bond donors (Lipinski definition) is 2. The molecular formula is C16H22N4S. The van der Waals surface area contributed by atoms with E-state index in [4.69, 9.17) is 0 Å². The average Bonchev–Trinajstić information content (AvgIpc) is 3.01. The van der Waals surface area contributed by atoms with Crippen LogP contribution in [0.5, 0.6) is 0 Å². The third-order valence-corrected chi connectivity index (χ3v) is 3.88. The SMILES string of the molecule is CN=C(NCc1ccsc1)NCc1cccc(N(C)C)c1. The molecule has 0 fully saturated rings. The summed E-state index contributed by atoms with van der Waals surface area (Å²) in [5.74, 6) is 0.816. The van der Waals surface area contributed by atoms with Crippen molar-refractivity contribution < 1.29 is 0 Å². The van der Waals surface area contributed by atoms with E-state index in [1.54, 1.807) is 18.4 Å². The van der Waals surface area contributed by atoms with Crippen LogP contribution >= 0.6 is 11.3 Å². The quantitative estimate of drug-likeness (QED) is 0.659. The van der Waals surface area contributed by atoms with Gasteiger partial charge in [-0.2, -0.15) is 11.3 Å². The van der Waals surface area contributed by atoms with Gasteiger partial charge >= 0.3 is 0 Å². The van der Waals surface area contributed by atoms with Crippen LogP contribution in [-0.4, -0.2) is 27.1 Å². The fraction of sp³-hybridized carbons (Fsp3) is 0.312. The average molecular weight is 302 g/mol. The van der Waals surface area contributed by atoms with Gasteiger partial charge in [0.2, 0.25) is 0 Å². The third kappa shape index (κ3) is 4.79. The van der Waals surface area contributed by atoms with E-state index in [1.807, 2.05) is 14.1 Å². The van der Waals surface area contributed by atoms with Gasteiger partial charge in [-0.25, -0.2) is 0 Å². The van der Waals surface area contributed by atoms with Crippen LogP contribution in [0, 0.1) is 0 Å². The number of hydrogen-bond acceptors (Lipinski definition) is 3. The van der Waals surface area contributed by atoms with Crippen LogP contribution in [0.2, 0.25) is 0 Å². The molecule has 0 bridgehead atoms. The summed E-state index contributed by atoms with van der Waals surface area (Å²) < 4.78 is 0. The fourth-order valence-electron chi connectivity index (χ4n) is 1.93. The van der Waals surface area contributed by atoms with Crippen molar-refractivity contribution in [3.63, 3.8) is 0 Å². The molecule has 0 atom stereocenters. The third-order valence-electron chi connectivity index (χ3n) is 3.15. The lowest BCUT2D eigenvalue weighted by atomic mass is 10.2. The maximum absolute atomic E-state index is 4.25. The monoisotopic (exact) mass is 302 g/mol. The van der Waals surface area contributed by atoms with Crippen LogP contribution in [-0.2, 0) is 13.1 Å². The second-order valence-corrected chi connectivity index (χ2v) is 5.76. The van der Waals surface area contributed by atoms with Crippen molar-refractivity contribution in [2.24, 2.45) is 4.99 Å². The van der Waals surface area contributed by atoms with Gasteiger partial charge < -0.3 is 15.5 Å². The van der Waals surface area contributed by atoms with Crippen molar-refractivity contribution in [1.82, 2.24) is 10.6 Å². The summed E-state index contributed by atoms with van der Waals surface area (Å²) in [5, 5.41) is 10.9. The van der Waals surface area contributed by atoms with Gasteiger partial charge in [-0.15, -0.1) is 0 Å². The Morgan fingerprint density at radius 1 is 1.14 bits per heavy atom. The molecule has 2 N–H and O–H groups in total. The number of guanidine groups is 1. The first-order valence-electron chi connectivity index (χ1n) is 6.91. The van der Waals surface area contributed by atoms with Crippen molar-refractivity contribution >= 4 is 23.0 Å². The molecule has 0 aliphatic carbocycles. The van der Waals surface area contributed by atoms with Crippen molar-refractivity contribution in [2.75, 3.05) is 26.0 Å². The summed E-state index contributed by atoms with van der Waals surface area (Å²) >= 11 is 1.71. The Kier molecular flexibility index (Phi) is 5.63. The molecule has 4 nitrogen and oxygen atoms in total. The molecule has 2 rings (SSSR count). The van der Waals surface area contributed by atoms with Crippen LogP contribution < -0.4 is 15.5 Å². The highest BCUT2D eigenvalue weighted by Gasteiger charge is 2.01. The van der Waals surface area contributed by atoms with E-state index in [0.717, 1.165) is 19.0 Å². The minimum Gasteiger partial charge on any atom is -0.378 e. The highest BCUT2D eigenvalue weighted by atomic mass is 32.1. The number of benzene rings is 1. The van der Waals surface area contributed by atoms with Gasteiger partial charge in [0.1, 0.15) is 0 Å². The Hall–Kier alpha value is -2.01. The van der Waals surface area contributed by atoms with E-state index in [2.05, 4.69) is 61.6 Å². The standard InChI is InChI=1S/C16H22N4S/c1-17-16(19-11-14-7-8-21-12-14)18-10-13-5-4-6-15(9-13)20(2)3/h4-9,12H,10-11H2,1-3H3,(H2,17,18,19). The zero-order valence-electron chi connectivity index (χ0n) is 12.8. The van der Waals surface area contributed by atoms with Gasteiger partial charge in [-0.3, -0.25) is 4.99 Å². The minimum absolute atomic E-state index is 0.755.